The predicted molar refractivity (Wildman–Crippen MR) is 91.1 cm³/mol. The summed E-state index contributed by atoms with van der Waals surface area (Å²) in [6.07, 6.45) is 4.03. The minimum Gasteiger partial charge on any atom is -0.306 e. The SMILES string of the molecule is CCNC(c1cnn(-c2ccccc2)c1)c1sccc1Br. The summed E-state index contributed by atoms with van der Waals surface area (Å²) in [6.45, 7) is 3.03. The lowest BCUT2D eigenvalue weighted by Gasteiger charge is -2.15. The molecule has 2 aromatic heterocycles. The maximum atomic E-state index is 4.50. The van der Waals surface area contributed by atoms with E-state index >= 15 is 0 Å². The number of hydrogen-bond acceptors (Lipinski definition) is 3. The molecular weight excluding hydrogens is 346 g/mol. The molecule has 0 aliphatic rings. The molecule has 21 heavy (non-hydrogen) atoms. The number of nitrogens with zero attached hydrogens (tertiary/aromatic N) is 2. The Morgan fingerprint density at radius 1 is 1.29 bits per heavy atom. The highest BCUT2D eigenvalue weighted by atomic mass is 79.9. The van der Waals surface area contributed by atoms with Crippen LogP contribution in [0, 0.1) is 0 Å². The van der Waals surface area contributed by atoms with Crippen LogP contribution in [0.3, 0.4) is 0 Å². The van der Waals surface area contributed by atoms with Crippen molar-refractivity contribution in [3.63, 3.8) is 0 Å². The Kier molecular flexibility index (Phi) is 4.53. The summed E-state index contributed by atoms with van der Waals surface area (Å²) < 4.78 is 3.06. The molecule has 0 aliphatic heterocycles. The molecule has 1 unspecified atom stereocenters. The van der Waals surface area contributed by atoms with E-state index in [1.807, 2.05) is 29.1 Å². The van der Waals surface area contributed by atoms with Gasteiger partial charge in [0.15, 0.2) is 0 Å². The van der Waals surface area contributed by atoms with Gasteiger partial charge in [-0.05, 0) is 46.1 Å². The fraction of sp³-hybridized carbons (Fsp3) is 0.188. The van der Waals surface area contributed by atoms with Gasteiger partial charge < -0.3 is 5.32 Å². The number of halogens is 1. The quantitative estimate of drug-likeness (QED) is 0.729. The van der Waals surface area contributed by atoms with E-state index in [9.17, 15) is 0 Å². The lowest BCUT2D eigenvalue weighted by Crippen LogP contribution is -2.21. The molecule has 3 nitrogen and oxygen atoms in total. The average molecular weight is 362 g/mol. The third-order valence-electron chi connectivity index (χ3n) is 3.27. The zero-order chi connectivity index (χ0) is 14.7. The van der Waals surface area contributed by atoms with Gasteiger partial charge in [0.2, 0.25) is 0 Å². The van der Waals surface area contributed by atoms with Gasteiger partial charge in [0.25, 0.3) is 0 Å². The first-order chi connectivity index (χ1) is 10.3. The molecule has 1 atom stereocenters. The van der Waals surface area contributed by atoms with Crippen LogP contribution in [-0.4, -0.2) is 16.3 Å². The lowest BCUT2D eigenvalue weighted by molar-refractivity contribution is 0.638. The second-order valence-corrected chi connectivity index (χ2v) is 6.48. The molecular formula is C16H16BrN3S. The summed E-state index contributed by atoms with van der Waals surface area (Å²) in [5.74, 6) is 0. The maximum absolute atomic E-state index is 4.50. The minimum absolute atomic E-state index is 0.168. The summed E-state index contributed by atoms with van der Waals surface area (Å²) in [7, 11) is 0. The summed E-state index contributed by atoms with van der Waals surface area (Å²) in [6, 6.07) is 12.4. The summed E-state index contributed by atoms with van der Waals surface area (Å²) in [5.41, 5.74) is 2.24. The molecule has 0 bridgehead atoms. The zero-order valence-electron chi connectivity index (χ0n) is 11.7. The molecule has 108 valence electrons. The number of benzene rings is 1. The van der Waals surface area contributed by atoms with Crippen molar-refractivity contribution < 1.29 is 0 Å². The van der Waals surface area contributed by atoms with E-state index < -0.39 is 0 Å². The number of rotatable bonds is 5. The van der Waals surface area contributed by atoms with Gasteiger partial charge in [-0.15, -0.1) is 11.3 Å². The molecule has 2 heterocycles. The van der Waals surface area contributed by atoms with E-state index in [0.29, 0.717) is 0 Å². The third kappa shape index (κ3) is 3.10. The van der Waals surface area contributed by atoms with Crippen molar-refractivity contribution in [2.24, 2.45) is 0 Å². The highest BCUT2D eigenvalue weighted by Crippen LogP contribution is 2.33. The van der Waals surface area contributed by atoms with Crippen molar-refractivity contribution in [3.05, 3.63) is 69.1 Å². The Balaban J connectivity index is 1.95. The average Bonchev–Trinajstić information content (AvgIpc) is 3.15. The molecule has 0 fully saturated rings. The first-order valence-corrected chi connectivity index (χ1v) is 8.53. The van der Waals surface area contributed by atoms with E-state index in [0.717, 1.165) is 16.7 Å². The monoisotopic (exact) mass is 361 g/mol. The fourth-order valence-electron chi connectivity index (χ4n) is 2.29. The number of para-hydroxylation sites is 1. The van der Waals surface area contributed by atoms with Gasteiger partial charge >= 0.3 is 0 Å². The van der Waals surface area contributed by atoms with Crippen LogP contribution in [0.2, 0.25) is 0 Å². The number of hydrogen-bond donors (Lipinski definition) is 1. The summed E-state index contributed by atoms with van der Waals surface area (Å²) in [4.78, 5) is 1.28. The van der Waals surface area contributed by atoms with Crippen LogP contribution < -0.4 is 5.32 Å². The molecule has 0 radical (unpaired) electrons. The van der Waals surface area contributed by atoms with Gasteiger partial charge in [-0.1, -0.05) is 25.1 Å². The van der Waals surface area contributed by atoms with Crippen LogP contribution in [0.5, 0.6) is 0 Å². The normalized spacial score (nSPS) is 12.5. The largest absolute Gasteiger partial charge is 0.306 e. The summed E-state index contributed by atoms with van der Waals surface area (Å²) >= 11 is 5.38. The Morgan fingerprint density at radius 3 is 2.76 bits per heavy atom. The number of thiophene rings is 1. The molecule has 1 N–H and O–H groups in total. The Bertz CT molecular complexity index is 705. The first-order valence-electron chi connectivity index (χ1n) is 6.86. The molecule has 0 saturated carbocycles. The van der Waals surface area contributed by atoms with Gasteiger partial charge in [0, 0.05) is 21.1 Å². The Hall–Kier alpha value is -1.43. The van der Waals surface area contributed by atoms with Crippen molar-refractivity contribution in [3.8, 4) is 5.69 Å². The first kappa shape index (κ1) is 14.5. The van der Waals surface area contributed by atoms with E-state index in [1.165, 1.54) is 10.4 Å². The Labute approximate surface area is 136 Å². The smallest absolute Gasteiger partial charge is 0.0713 e. The molecule has 0 saturated heterocycles. The van der Waals surface area contributed by atoms with Crippen molar-refractivity contribution >= 4 is 27.3 Å². The van der Waals surface area contributed by atoms with Crippen LogP contribution in [0.15, 0.2) is 58.6 Å². The van der Waals surface area contributed by atoms with E-state index in [4.69, 9.17) is 0 Å². The van der Waals surface area contributed by atoms with Gasteiger partial charge in [-0.2, -0.15) is 5.10 Å². The van der Waals surface area contributed by atoms with Gasteiger partial charge in [0.1, 0.15) is 0 Å². The molecule has 5 heteroatoms. The highest BCUT2D eigenvalue weighted by Gasteiger charge is 2.19. The van der Waals surface area contributed by atoms with E-state index in [-0.39, 0.29) is 6.04 Å². The lowest BCUT2D eigenvalue weighted by atomic mass is 10.1. The molecule has 0 spiro atoms. The molecule has 1 aromatic carbocycles. The minimum atomic E-state index is 0.168. The highest BCUT2D eigenvalue weighted by molar-refractivity contribution is 9.10. The number of nitrogens with one attached hydrogen (secondary N) is 1. The maximum Gasteiger partial charge on any atom is 0.0713 e. The van der Waals surface area contributed by atoms with Crippen molar-refractivity contribution in [2.45, 2.75) is 13.0 Å². The van der Waals surface area contributed by atoms with Crippen LogP contribution >= 0.6 is 27.3 Å². The van der Waals surface area contributed by atoms with Crippen LogP contribution in [-0.2, 0) is 0 Å². The van der Waals surface area contributed by atoms with Crippen molar-refractivity contribution in [1.82, 2.24) is 15.1 Å². The molecule has 0 amide bonds. The second kappa shape index (κ2) is 6.56. The number of aromatic nitrogens is 2. The topological polar surface area (TPSA) is 29.9 Å². The van der Waals surface area contributed by atoms with Gasteiger partial charge in [-0.25, -0.2) is 4.68 Å². The van der Waals surface area contributed by atoms with E-state index in [2.05, 4.69) is 63.0 Å². The Morgan fingerprint density at radius 2 is 2.10 bits per heavy atom. The standard InChI is InChI=1S/C16H16BrN3S/c1-2-18-15(16-14(17)8-9-21-16)12-10-19-20(11-12)13-6-4-3-5-7-13/h3-11,15,18H,2H2,1H3. The second-order valence-electron chi connectivity index (χ2n) is 4.68. The summed E-state index contributed by atoms with van der Waals surface area (Å²) in [5, 5.41) is 10.1. The zero-order valence-corrected chi connectivity index (χ0v) is 14.1. The molecule has 0 aliphatic carbocycles. The van der Waals surface area contributed by atoms with Crippen molar-refractivity contribution in [1.29, 1.82) is 0 Å². The molecule has 3 rings (SSSR count). The van der Waals surface area contributed by atoms with Gasteiger partial charge in [-0.3, -0.25) is 0 Å². The van der Waals surface area contributed by atoms with E-state index in [1.54, 1.807) is 11.3 Å². The van der Waals surface area contributed by atoms with Crippen LogP contribution in [0.1, 0.15) is 23.4 Å². The van der Waals surface area contributed by atoms with Crippen LogP contribution in [0.4, 0.5) is 0 Å². The third-order valence-corrected chi connectivity index (χ3v) is 5.21. The molecule has 3 aromatic rings. The predicted octanol–water partition coefficient (Wildman–Crippen LogP) is 4.40. The van der Waals surface area contributed by atoms with Gasteiger partial charge in [0.05, 0.1) is 17.9 Å². The van der Waals surface area contributed by atoms with Crippen LogP contribution in [0.25, 0.3) is 5.69 Å². The van der Waals surface area contributed by atoms with Crippen molar-refractivity contribution in [2.75, 3.05) is 6.54 Å². The fourth-order valence-corrected chi connectivity index (χ4v) is 3.99.